The van der Waals surface area contributed by atoms with Gasteiger partial charge in [-0.25, -0.2) is 10.2 Å². The Bertz CT molecular complexity index is 736. The van der Waals surface area contributed by atoms with E-state index in [-0.39, 0.29) is 6.67 Å². The van der Waals surface area contributed by atoms with Crippen LogP contribution in [0.15, 0.2) is 48.5 Å². The molecule has 0 fully saturated rings. The minimum Gasteiger partial charge on any atom is -0.464 e. The minimum absolute atomic E-state index is 0.282. The van der Waals surface area contributed by atoms with E-state index in [1.165, 1.54) is 5.01 Å². The molecule has 112 valence electrons. The molecule has 0 aromatic heterocycles. The number of anilines is 2. The molecular formula is C15H12ClN3O2S. The standard InChI is InChI=1S/C15H12ClN3O2S/c16-10-5-7-11(8-6-10)18-9-19(17-15(20)21)14(22)12-3-1-2-4-13(12)18/h1-8,17H,9H2,(H,20,21). The maximum Gasteiger partial charge on any atom is 0.423 e. The fourth-order valence-corrected chi connectivity index (χ4v) is 2.76. The van der Waals surface area contributed by atoms with Crippen LogP contribution in [0, 0.1) is 0 Å². The summed E-state index contributed by atoms with van der Waals surface area (Å²) in [6.07, 6.45) is -1.15. The second kappa shape index (κ2) is 5.82. The highest BCUT2D eigenvalue weighted by Crippen LogP contribution is 2.33. The molecule has 0 bridgehead atoms. The van der Waals surface area contributed by atoms with Crippen LogP contribution in [0.1, 0.15) is 5.56 Å². The van der Waals surface area contributed by atoms with Crippen LogP contribution in [0.2, 0.25) is 5.02 Å². The number of hydrogen-bond donors (Lipinski definition) is 2. The maximum absolute atomic E-state index is 11.0. The molecule has 1 aliphatic heterocycles. The van der Waals surface area contributed by atoms with Gasteiger partial charge in [0.2, 0.25) is 0 Å². The van der Waals surface area contributed by atoms with Gasteiger partial charge in [0.25, 0.3) is 0 Å². The molecule has 2 aromatic carbocycles. The summed E-state index contributed by atoms with van der Waals surface area (Å²) in [5, 5.41) is 11.0. The number of nitrogens with zero attached hydrogens (tertiary/aromatic N) is 2. The highest BCUT2D eigenvalue weighted by atomic mass is 35.5. The molecule has 1 heterocycles. The van der Waals surface area contributed by atoms with Crippen LogP contribution in [0.25, 0.3) is 0 Å². The summed E-state index contributed by atoms with van der Waals surface area (Å²) in [6, 6.07) is 15.0. The van der Waals surface area contributed by atoms with Gasteiger partial charge in [0.15, 0.2) is 0 Å². The molecule has 22 heavy (non-hydrogen) atoms. The lowest BCUT2D eigenvalue weighted by Gasteiger charge is -2.38. The first-order valence-corrected chi connectivity index (χ1v) is 7.28. The number of thiocarbonyl (C=S) groups is 1. The SMILES string of the molecule is O=C(O)NN1CN(c2ccc(Cl)cc2)c2ccccc2C1=S. The quantitative estimate of drug-likeness (QED) is 0.822. The Kier molecular flexibility index (Phi) is 3.87. The van der Waals surface area contributed by atoms with Crippen molar-refractivity contribution in [2.24, 2.45) is 0 Å². The predicted octanol–water partition coefficient (Wildman–Crippen LogP) is 3.61. The van der Waals surface area contributed by atoms with Gasteiger partial charge in [-0.3, -0.25) is 5.01 Å². The zero-order valence-corrected chi connectivity index (χ0v) is 12.9. The van der Waals surface area contributed by atoms with E-state index >= 15 is 0 Å². The predicted molar refractivity (Wildman–Crippen MR) is 89.6 cm³/mol. The van der Waals surface area contributed by atoms with Crippen molar-refractivity contribution in [2.75, 3.05) is 11.6 Å². The van der Waals surface area contributed by atoms with E-state index in [0.717, 1.165) is 16.9 Å². The molecule has 0 spiro atoms. The van der Waals surface area contributed by atoms with Crippen LogP contribution in [0.3, 0.4) is 0 Å². The highest BCUT2D eigenvalue weighted by Gasteiger charge is 2.28. The number of benzene rings is 2. The Labute approximate surface area is 137 Å². The van der Waals surface area contributed by atoms with Crippen LogP contribution in [0.4, 0.5) is 16.2 Å². The molecule has 0 saturated heterocycles. The number of fused-ring (bicyclic) bond motifs is 1. The number of nitrogens with one attached hydrogen (secondary N) is 1. The van der Waals surface area contributed by atoms with Crippen LogP contribution in [0.5, 0.6) is 0 Å². The van der Waals surface area contributed by atoms with E-state index < -0.39 is 6.09 Å². The van der Waals surface area contributed by atoms with Crippen LogP contribution < -0.4 is 10.3 Å². The average molecular weight is 334 g/mol. The fraction of sp³-hybridized carbons (Fsp3) is 0.0667. The number of halogens is 1. The molecule has 1 amide bonds. The van der Waals surface area contributed by atoms with Gasteiger partial charge in [0.05, 0.1) is 5.69 Å². The molecule has 3 rings (SSSR count). The number of hydrazine groups is 1. The number of rotatable bonds is 2. The highest BCUT2D eigenvalue weighted by molar-refractivity contribution is 7.80. The second-order valence-corrected chi connectivity index (χ2v) is 5.54. The Morgan fingerprint density at radius 1 is 1.18 bits per heavy atom. The summed E-state index contributed by atoms with van der Waals surface area (Å²) >= 11 is 11.3. The topological polar surface area (TPSA) is 55.8 Å². The zero-order valence-electron chi connectivity index (χ0n) is 11.4. The molecule has 0 aliphatic carbocycles. The third-order valence-corrected chi connectivity index (χ3v) is 4.01. The van der Waals surface area contributed by atoms with Crippen molar-refractivity contribution in [3.63, 3.8) is 0 Å². The Hall–Kier alpha value is -2.31. The first kappa shape index (κ1) is 14.6. The summed E-state index contributed by atoms with van der Waals surface area (Å²) in [5.74, 6) is 0. The zero-order chi connectivity index (χ0) is 15.7. The van der Waals surface area contributed by atoms with E-state index in [0.29, 0.717) is 10.0 Å². The summed E-state index contributed by atoms with van der Waals surface area (Å²) < 4.78 is 0. The van der Waals surface area contributed by atoms with Gasteiger partial charge < -0.3 is 10.0 Å². The molecule has 0 atom stereocenters. The van der Waals surface area contributed by atoms with Gasteiger partial charge in [-0.05, 0) is 36.4 Å². The second-order valence-electron chi connectivity index (χ2n) is 4.71. The number of amides is 1. The normalized spacial score (nSPS) is 13.8. The van der Waals surface area contributed by atoms with Crippen LogP contribution in [-0.2, 0) is 0 Å². The lowest BCUT2D eigenvalue weighted by Crippen LogP contribution is -2.53. The molecule has 2 N–H and O–H groups in total. The van der Waals surface area contributed by atoms with Crippen molar-refractivity contribution in [1.29, 1.82) is 0 Å². The van der Waals surface area contributed by atoms with E-state index in [4.69, 9.17) is 28.9 Å². The monoisotopic (exact) mass is 333 g/mol. The summed E-state index contributed by atoms with van der Waals surface area (Å²) in [6.45, 7) is 0.282. The third-order valence-electron chi connectivity index (χ3n) is 3.32. The number of carboxylic acid groups (broad SMARTS) is 1. The number of hydrogen-bond acceptors (Lipinski definition) is 3. The van der Waals surface area contributed by atoms with Gasteiger partial charge in [-0.1, -0.05) is 36.0 Å². The third kappa shape index (κ3) is 2.70. The average Bonchev–Trinajstić information content (AvgIpc) is 2.51. The molecule has 2 aromatic rings. The van der Waals surface area contributed by atoms with Crippen LogP contribution >= 0.6 is 23.8 Å². The molecule has 0 unspecified atom stereocenters. The summed E-state index contributed by atoms with van der Waals surface area (Å²) in [5.41, 5.74) is 4.95. The smallest absolute Gasteiger partial charge is 0.423 e. The first-order valence-electron chi connectivity index (χ1n) is 6.50. The first-order chi connectivity index (χ1) is 10.6. The van der Waals surface area contributed by atoms with E-state index in [9.17, 15) is 4.79 Å². The van der Waals surface area contributed by atoms with E-state index in [1.54, 1.807) is 12.1 Å². The lowest BCUT2D eigenvalue weighted by molar-refractivity contribution is 0.170. The van der Waals surface area contributed by atoms with E-state index in [1.807, 2.05) is 41.3 Å². The van der Waals surface area contributed by atoms with Crippen molar-refractivity contribution >= 4 is 46.3 Å². The van der Waals surface area contributed by atoms with Crippen molar-refractivity contribution < 1.29 is 9.90 Å². The lowest BCUT2D eigenvalue weighted by atomic mass is 10.1. The Morgan fingerprint density at radius 3 is 2.55 bits per heavy atom. The summed E-state index contributed by atoms with van der Waals surface area (Å²) in [4.78, 5) is 13.4. The number of carbonyl (C=O) groups is 1. The van der Waals surface area contributed by atoms with Crippen molar-refractivity contribution in [3.8, 4) is 0 Å². The largest absolute Gasteiger partial charge is 0.464 e. The van der Waals surface area contributed by atoms with Gasteiger partial charge in [-0.15, -0.1) is 0 Å². The van der Waals surface area contributed by atoms with Crippen molar-refractivity contribution in [3.05, 3.63) is 59.1 Å². The molecular weight excluding hydrogens is 322 g/mol. The molecule has 7 heteroatoms. The summed E-state index contributed by atoms with van der Waals surface area (Å²) in [7, 11) is 0. The van der Waals surface area contributed by atoms with Crippen molar-refractivity contribution in [1.82, 2.24) is 10.4 Å². The number of para-hydroxylation sites is 1. The van der Waals surface area contributed by atoms with E-state index in [2.05, 4.69) is 5.43 Å². The Balaban J connectivity index is 2.05. The van der Waals surface area contributed by atoms with Crippen molar-refractivity contribution in [2.45, 2.75) is 0 Å². The van der Waals surface area contributed by atoms with Gasteiger partial charge in [0.1, 0.15) is 11.7 Å². The maximum atomic E-state index is 11.0. The molecule has 1 aliphatic rings. The molecule has 0 radical (unpaired) electrons. The molecule has 0 saturated carbocycles. The van der Waals surface area contributed by atoms with Gasteiger partial charge >= 0.3 is 6.09 Å². The molecule has 5 nitrogen and oxygen atoms in total. The Morgan fingerprint density at radius 2 is 1.86 bits per heavy atom. The fourth-order valence-electron chi connectivity index (χ4n) is 2.36. The van der Waals surface area contributed by atoms with Gasteiger partial charge in [-0.2, -0.15) is 0 Å². The minimum atomic E-state index is -1.15. The van der Waals surface area contributed by atoms with Gasteiger partial charge in [0, 0.05) is 16.3 Å². The van der Waals surface area contributed by atoms with Crippen LogP contribution in [-0.4, -0.2) is 27.9 Å².